The van der Waals surface area contributed by atoms with Crippen LogP contribution in [0.5, 0.6) is 5.75 Å². The molecule has 150 valence electrons. The van der Waals surface area contributed by atoms with Crippen molar-refractivity contribution in [2.24, 2.45) is 5.73 Å². The van der Waals surface area contributed by atoms with Crippen LogP contribution in [0.4, 0.5) is 5.69 Å². The molecular formula is C22H18N4O3S. The molecule has 0 unspecified atom stereocenters. The van der Waals surface area contributed by atoms with Crippen LogP contribution in [-0.2, 0) is 11.4 Å². The number of thiazole rings is 1. The van der Waals surface area contributed by atoms with Gasteiger partial charge in [0.05, 0.1) is 16.8 Å². The maximum absolute atomic E-state index is 12.0. The normalized spacial score (nSPS) is 10.7. The zero-order valence-electron chi connectivity index (χ0n) is 15.8. The van der Waals surface area contributed by atoms with E-state index < -0.39 is 5.91 Å². The Morgan fingerprint density at radius 2 is 2.13 bits per heavy atom. The first kappa shape index (κ1) is 19.4. The number of H-pyrrole nitrogens is 1. The summed E-state index contributed by atoms with van der Waals surface area (Å²) in [6, 6.07) is 10.9. The number of carbonyl (C=O) groups excluding carboxylic acids is 2. The molecule has 0 atom stereocenters. The Morgan fingerprint density at radius 1 is 1.27 bits per heavy atom. The third-order valence-electron chi connectivity index (χ3n) is 4.56. The first-order valence-electron chi connectivity index (χ1n) is 9.05. The Bertz CT molecular complexity index is 1240. The van der Waals surface area contributed by atoms with Crippen molar-refractivity contribution < 1.29 is 14.3 Å². The van der Waals surface area contributed by atoms with Crippen LogP contribution in [0.2, 0.25) is 0 Å². The lowest BCUT2D eigenvalue weighted by Crippen LogP contribution is -2.11. The van der Waals surface area contributed by atoms with Gasteiger partial charge in [0.2, 0.25) is 5.91 Å². The topological polar surface area (TPSA) is 110 Å². The first-order chi connectivity index (χ1) is 14.6. The van der Waals surface area contributed by atoms with Crippen molar-refractivity contribution in [3.05, 3.63) is 77.4 Å². The van der Waals surface area contributed by atoms with Gasteiger partial charge < -0.3 is 20.8 Å². The molecule has 0 spiro atoms. The van der Waals surface area contributed by atoms with Crippen LogP contribution in [0.25, 0.3) is 22.0 Å². The predicted octanol–water partition coefficient (Wildman–Crippen LogP) is 4.09. The van der Waals surface area contributed by atoms with Crippen molar-refractivity contribution in [2.75, 3.05) is 5.32 Å². The highest BCUT2D eigenvalue weighted by atomic mass is 32.1. The van der Waals surface area contributed by atoms with Crippen LogP contribution in [0.1, 0.15) is 15.4 Å². The van der Waals surface area contributed by atoms with Crippen LogP contribution in [-0.4, -0.2) is 21.8 Å². The van der Waals surface area contributed by atoms with Gasteiger partial charge in [-0.15, -0.1) is 11.3 Å². The molecule has 0 aliphatic rings. The number of rotatable bonds is 7. The largest absolute Gasteiger partial charge is 0.484 e. The van der Waals surface area contributed by atoms with Gasteiger partial charge in [-0.25, -0.2) is 4.98 Å². The van der Waals surface area contributed by atoms with Gasteiger partial charge >= 0.3 is 0 Å². The molecule has 4 N–H and O–H groups in total. The van der Waals surface area contributed by atoms with E-state index in [9.17, 15) is 9.59 Å². The van der Waals surface area contributed by atoms with Crippen molar-refractivity contribution in [3.8, 4) is 16.9 Å². The van der Waals surface area contributed by atoms with Gasteiger partial charge in [-0.3, -0.25) is 9.59 Å². The summed E-state index contributed by atoms with van der Waals surface area (Å²) in [7, 11) is 0. The standard InChI is InChI=1S/C22H18N4O3S/c1-2-19(27)26-17-11-13(3-6-18(17)29-12-20-24-9-10-30-20)14-4-5-16(22(23)28)21-15(14)7-8-25-21/h2-11,25H,1,12H2,(H2,23,28)(H,26,27). The summed E-state index contributed by atoms with van der Waals surface area (Å²) in [6.07, 6.45) is 4.67. The molecule has 2 aromatic carbocycles. The minimum Gasteiger partial charge on any atom is -0.484 e. The van der Waals surface area contributed by atoms with E-state index in [0.29, 0.717) is 29.1 Å². The molecule has 0 saturated carbocycles. The fourth-order valence-electron chi connectivity index (χ4n) is 3.18. The minimum absolute atomic E-state index is 0.295. The number of nitrogens with one attached hydrogen (secondary N) is 2. The van der Waals surface area contributed by atoms with E-state index >= 15 is 0 Å². The Labute approximate surface area is 176 Å². The zero-order valence-corrected chi connectivity index (χ0v) is 16.7. The van der Waals surface area contributed by atoms with Crippen LogP contribution in [0, 0.1) is 0 Å². The lowest BCUT2D eigenvalue weighted by molar-refractivity contribution is -0.111. The zero-order chi connectivity index (χ0) is 21.1. The average molecular weight is 418 g/mol. The number of hydrogen-bond donors (Lipinski definition) is 3. The molecule has 30 heavy (non-hydrogen) atoms. The molecule has 2 aromatic heterocycles. The van der Waals surface area contributed by atoms with E-state index in [4.69, 9.17) is 10.5 Å². The molecule has 2 amide bonds. The summed E-state index contributed by atoms with van der Waals surface area (Å²) in [5.74, 6) is -0.329. The quantitative estimate of drug-likeness (QED) is 0.393. The molecule has 7 nitrogen and oxygen atoms in total. The molecule has 0 radical (unpaired) electrons. The Balaban J connectivity index is 1.75. The minimum atomic E-state index is -0.501. The molecule has 4 aromatic rings. The number of nitrogens with zero attached hydrogens (tertiary/aromatic N) is 1. The Morgan fingerprint density at radius 3 is 2.87 bits per heavy atom. The van der Waals surface area contributed by atoms with Gasteiger partial charge in [0.15, 0.2) is 0 Å². The number of primary amides is 1. The number of anilines is 1. The van der Waals surface area contributed by atoms with Crippen molar-refractivity contribution in [3.63, 3.8) is 0 Å². The number of aromatic amines is 1. The predicted molar refractivity (Wildman–Crippen MR) is 118 cm³/mol. The Kier molecular flexibility index (Phi) is 5.32. The number of benzene rings is 2. The molecule has 2 heterocycles. The number of amides is 2. The van der Waals surface area contributed by atoms with E-state index in [2.05, 4.69) is 21.9 Å². The number of hydrogen-bond acceptors (Lipinski definition) is 5. The molecule has 0 aliphatic carbocycles. The summed E-state index contributed by atoms with van der Waals surface area (Å²) in [5.41, 5.74) is 8.81. The van der Waals surface area contributed by atoms with Gasteiger partial charge in [0.1, 0.15) is 17.4 Å². The molecule has 4 rings (SSSR count). The summed E-state index contributed by atoms with van der Waals surface area (Å²) in [6.45, 7) is 3.80. The molecule has 0 bridgehead atoms. The second-order valence-corrected chi connectivity index (χ2v) is 7.39. The summed E-state index contributed by atoms with van der Waals surface area (Å²) < 4.78 is 5.87. The lowest BCUT2D eigenvalue weighted by atomic mass is 9.98. The average Bonchev–Trinajstić information content (AvgIpc) is 3.44. The fourth-order valence-corrected chi connectivity index (χ4v) is 3.71. The van der Waals surface area contributed by atoms with Crippen molar-refractivity contribution in [2.45, 2.75) is 6.61 Å². The number of nitrogens with two attached hydrogens (primary N) is 1. The smallest absolute Gasteiger partial charge is 0.250 e. The van der Waals surface area contributed by atoms with Gasteiger partial charge in [-0.1, -0.05) is 18.7 Å². The summed E-state index contributed by atoms with van der Waals surface area (Å²) >= 11 is 1.49. The third-order valence-corrected chi connectivity index (χ3v) is 5.31. The van der Waals surface area contributed by atoms with Crippen molar-refractivity contribution in [1.82, 2.24) is 9.97 Å². The van der Waals surface area contributed by atoms with E-state index in [-0.39, 0.29) is 5.91 Å². The number of fused-ring (bicyclic) bond motifs is 1. The highest BCUT2D eigenvalue weighted by molar-refractivity contribution is 7.09. The molecule has 0 fully saturated rings. The Hall–Kier alpha value is -3.91. The van der Waals surface area contributed by atoms with Gasteiger partial charge in [-0.2, -0.15) is 0 Å². The highest BCUT2D eigenvalue weighted by Gasteiger charge is 2.15. The maximum Gasteiger partial charge on any atom is 0.250 e. The van der Waals surface area contributed by atoms with Crippen LogP contribution in [0.15, 0.2) is 66.8 Å². The van der Waals surface area contributed by atoms with Gasteiger partial charge in [0.25, 0.3) is 5.91 Å². The maximum atomic E-state index is 12.0. The second kappa shape index (κ2) is 8.22. The SMILES string of the molecule is C=CC(=O)Nc1cc(-c2ccc(C(N)=O)c3[nH]ccc23)ccc1OCc1nccs1. The fraction of sp³-hybridized carbons (Fsp3) is 0.0455. The van der Waals surface area contributed by atoms with E-state index in [0.717, 1.165) is 21.5 Å². The van der Waals surface area contributed by atoms with Crippen molar-refractivity contribution >= 4 is 39.7 Å². The summed E-state index contributed by atoms with van der Waals surface area (Å²) in [4.78, 5) is 30.9. The summed E-state index contributed by atoms with van der Waals surface area (Å²) in [5, 5.41) is 6.35. The van der Waals surface area contributed by atoms with Crippen molar-refractivity contribution in [1.29, 1.82) is 0 Å². The number of aromatic nitrogens is 2. The lowest BCUT2D eigenvalue weighted by Gasteiger charge is -2.14. The molecule has 8 heteroatoms. The second-order valence-electron chi connectivity index (χ2n) is 6.41. The van der Waals surface area contributed by atoms with E-state index in [1.54, 1.807) is 24.5 Å². The van der Waals surface area contributed by atoms with Gasteiger partial charge in [0, 0.05) is 23.2 Å². The van der Waals surface area contributed by atoms with Crippen LogP contribution >= 0.6 is 11.3 Å². The molecule has 0 aliphatic heterocycles. The van der Waals surface area contributed by atoms with E-state index in [1.165, 1.54) is 17.4 Å². The van der Waals surface area contributed by atoms with Crippen LogP contribution < -0.4 is 15.8 Å². The monoisotopic (exact) mass is 418 g/mol. The molecule has 0 saturated heterocycles. The van der Waals surface area contributed by atoms with E-state index in [1.807, 2.05) is 29.6 Å². The first-order valence-corrected chi connectivity index (χ1v) is 9.93. The number of ether oxygens (including phenoxy) is 1. The van der Waals surface area contributed by atoms with Crippen LogP contribution in [0.3, 0.4) is 0 Å². The molecular weight excluding hydrogens is 400 g/mol. The third kappa shape index (κ3) is 3.81. The number of carbonyl (C=O) groups is 2. The van der Waals surface area contributed by atoms with Gasteiger partial charge in [-0.05, 0) is 41.5 Å². The highest BCUT2D eigenvalue weighted by Crippen LogP contribution is 2.35.